The predicted octanol–water partition coefficient (Wildman–Crippen LogP) is 5.68. The Morgan fingerprint density at radius 3 is 2.36 bits per heavy atom. The van der Waals surface area contributed by atoms with Crippen LogP contribution in [0.15, 0.2) is 36.4 Å². The Hall–Kier alpha value is -3.10. The second kappa shape index (κ2) is 11.3. The molecule has 0 saturated heterocycles. The van der Waals surface area contributed by atoms with Gasteiger partial charge in [-0.25, -0.2) is 4.79 Å². The third-order valence-electron chi connectivity index (χ3n) is 7.35. The van der Waals surface area contributed by atoms with Crippen LogP contribution in [-0.2, 0) is 11.2 Å². The minimum atomic E-state index is -1.33. The maximum absolute atomic E-state index is 12.6. The molecule has 1 unspecified atom stereocenters. The van der Waals surface area contributed by atoms with Gasteiger partial charge in [0.25, 0.3) is 5.91 Å². The quantitative estimate of drug-likeness (QED) is 0.417. The zero-order chi connectivity index (χ0) is 26.5. The van der Waals surface area contributed by atoms with E-state index in [0.717, 1.165) is 61.6 Å². The molecule has 0 heterocycles. The zero-order valence-corrected chi connectivity index (χ0v) is 22.2. The van der Waals surface area contributed by atoms with E-state index >= 15 is 0 Å². The summed E-state index contributed by atoms with van der Waals surface area (Å²) in [4.78, 5) is 24.0. The molecule has 0 aromatic heterocycles. The van der Waals surface area contributed by atoms with E-state index in [-0.39, 0.29) is 5.91 Å². The van der Waals surface area contributed by atoms with Gasteiger partial charge in [-0.3, -0.25) is 4.79 Å². The minimum Gasteiger partial charge on any atom is -0.480 e. The Labute approximate surface area is 215 Å². The average molecular weight is 490 g/mol. The first kappa shape index (κ1) is 27.5. The van der Waals surface area contributed by atoms with Gasteiger partial charge in [0.05, 0.1) is 0 Å². The van der Waals surface area contributed by atoms with Crippen molar-refractivity contribution in [1.29, 1.82) is 0 Å². The molecule has 3 rings (SSSR count). The Kier molecular flexibility index (Phi) is 8.63. The lowest BCUT2D eigenvalue weighted by Crippen LogP contribution is -2.49. The van der Waals surface area contributed by atoms with Crippen LogP contribution < -0.4 is 5.32 Å². The molecule has 1 aliphatic carbocycles. The maximum atomic E-state index is 12.6. The predicted molar refractivity (Wildman–Crippen MR) is 143 cm³/mol. The highest BCUT2D eigenvalue weighted by Gasteiger charge is 2.30. The summed E-state index contributed by atoms with van der Waals surface area (Å²) < 4.78 is 0. The molecule has 1 amide bonds. The first-order valence-electron chi connectivity index (χ1n) is 13.0. The summed E-state index contributed by atoms with van der Waals surface area (Å²) in [5, 5.41) is 22.4. The number of amides is 1. The van der Waals surface area contributed by atoms with Crippen molar-refractivity contribution in [2.24, 2.45) is 0 Å². The zero-order valence-electron chi connectivity index (χ0n) is 22.2. The van der Waals surface area contributed by atoms with Crippen molar-refractivity contribution in [2.45, 2.75) is 96.6 Å². The van der Waals surface area contributed by atoms with E-state index in [1.807, 2.05) is 13.0 Å². The third-order valence-corrected chi connectivity index (χ3v) is 7.35. The summed E-state index contributed by atoms with van der Waals surface area (Å²) in [7, 11) is 0. The molecule has 5 nitrogen and oxygen atoms in total. The lowest BCUT2D eigenvalue weighted by atomic mass is 9.88. The third kappa shape index (κ3) is 6.77. The summed E-state index contributed by atoms with van der Waals surface area (Å²) >= 11 is 0. The molecule has 0 bridgehead atoms. The summed E-state index contributed by atoms with van der Waals surface area (Å²) in [5.41, 5.74) is 3.74. The van der Waals surface area contributed by atoms with Gasteiger partial charge in [-0.1, -0.05) is 43.0 Å². The number of aliphatic hydroxyl groups is 1. The van der Waals surface area contributed by atoms with E-state index in [1.54, 1.807) is 6.07 Å². The van der Waals surface area contributed by atoms with Gasteiger partial charge in [-0.05, 0) is 113 Å². The molecular weight excluding hydrogens is 450 g/mol. The number of carbonyl (C=O) groups excluding carboxylic acids is 1. The molecule has 3 N–H and O–H groups in total. The molecule has 0 radical (unpaired) electrons. The van der Waals surface area contributed by atoms with Crippen LogP contribution in [0.25, 0.3) is 0 Å². The van der Waals surface area contributed by atoms with Gasteiger partial charge in [-0.2, -0.15) is 0 Å². The molecule has 1 atom stereocenters. The summed E-state index contributed by atoms with van der Waals surface area (Å²) in [5.74, 6) is 5.21. The molecule has 2 aromatic rings. The summed E-state index contributed by atoms with van der Waals surface area (Å²) in [6, 6.07) is 12.2. The Morgan fingerprint density at radius 1 is 1.08 bits per heavy atom. The first-order valence-corrected chi connectivity index (χ1v) is 13.0. The Morgan fingerprint density at radius 2 is 1.78 bits per heavy atom. The molecule has 5 heteroatoms. The van der Waals surface area contributed by atoms with E-state index in [9.17, 15) is 19.8 Å². The normalized spacial score (nSPS) is 15.6. The van der Waals surface area contributed by atoms with Crippen molar-refractivity contribution in [3.63, 3.8) is 0 Å². The second-order valence-corrected chi connectivity index (χ2v) is 10.7. The topological polar surface area (TPSA) is 86.6 Å². The van der Waals surface area contributed by atoms with Crippen LogP contribution in [0, 0.1) is 25.7 Å². The van der Waals surface area contributed by atoms with Gasteiger partial charge < -0.3 is 15.5 Å². The van der Waals surface area contributed by atoms with Gasteiger partial charge in [0.15, 0.2) is 0 Å². The molecule has 1 fully saturated rings. The van der Waals surface area contributed by atoms with Gasteiger partial charge in [0.2, 0.25) is 0 Å². The lowest BCUT2D eigenvalue weighted by molar-refractivity contribution is -0.143. The van der Waals surface area contributed by atoms with Crippen molar-refractivity contribution in [1.82, 2.24) is 5.32 Å². The van der Waals surface area contributed by atoms with Crippen molar-refractivity contribution >= 4 is 11.9 Å². The first-order chi connectivity index (χ1) is 16.9. The number of nitrogens with one attached hydrogen (secondary N) is 1. The number of benzene rings is 2. The smallest absolute Gasteiger partial charge is 0.328 e. The van der Waals surface area contributed by atoms with Crippen molar-refractivity contribution in [3.8, 4) is 11.8 Å². The SMILES string of the molecule is CCC(CCc1ccc(C#CC2(O)CCCC2)c(C)c1)c1ccc(C(=O)NC(C)(C)C(=O)O)c(C)c1. The monoisotopic (exact) mass is 489 g/mol. The number of carbonyl (C=O) groups is 2. The van der Waals surface area contributed by atoms with E-state index in [1.165, 1.54) is 25.0 Å². The van der Waals surface area contributed by atoms with E-state index in [2.05, 4.69) is 55.3 Å². The molecule has 2 aromatic carbocycles. The molecule has 36 heavy (non-hydrogen) atoms. The molecule has 0 spiro atoms. The van der Waals surface area contributed by atoms with Crippen LogP contribution in [0.3, 0.4) is 0 Å². The highest BCUT2D eigenvalue weighted by Crippen LogP contribution is 2.29. The summed E-state index contributed by atoms with van der Waals surface area (Å²) in [6.07, 6.45) is 6.52. The number of hydrogen-bond acceptors (Lipinski definition) is 3. The van der Waals surface area contributed by atoms with Crippen molar-refractivity contribution in [3.05, 3.63) is 69.8 Å². The highest BCUT2D eigenvalue weighted by atomic mass is 16.4. The fraction of sp³-hybridized carbons (Fsp3) is 0.484. The number of aryl methyl sites for hydroxylation is 3. The Bertz CT molecular complexity index is 1180. The molecule has 0 aliphatic heterocycles. The fourth-order valence-corrected chi connectivity index (χ4v) is 4.84. The van der Waals surface area contributed by atoms with Crippen LogP contribution >= 0.6 is 0 Å². The average Bonchev–Trinajstić information content (AvgIpc) is 3.25. The van der Waals surface area contributed by atoms with Crippen LogP contribution in [0.5, 0.6) is 0 Å². The van der Waals surface area contributed by atoms with Crippen LogP contribution in [0.4, 0.5) is 0 Å². The van der Waals surface area contributed by atoms with Crippen molar-refractivity contribution < 1.29 is 19.8 Å². The number of hydrogen-bond donors (Lipinski definition) is 3. The standard InChI is InChI=1S/C31H39NO4/c1-6-24(26-13-14-27(22(3)20-26)28(33)32-30(4,5)29(34)35)11-9-23-10-12-25(21(2)19-23)15-18-31(36)16-7-8-17-31/h10,12-14,19-20,24,36H,6-9,11,16-17H2,1-5H3,(H,32,33)(H,34,35). The molecular formula is C31H39NO4. The number of rotatable bonds is 8. The molecule has 192 valence electrons. The van der Waals surface area contributed by atoms with E-state index in [4.69, 9.17) is 0 Å². The second-order valence-electron chi connectivity index (χ2n) is 10.7. The minimum absolute atomic E-state index is 0.354. The van der Waals surface area contributed by atoms with Crippen LogP contribution in [0.2, 0.25) is 0 Å². The highest BCUT2D eigenvalue weighted by molar-refractivity contribution is 5.98. The van der Waals surface area contributed by atoms with Crippen molar-refractivity contribution in [2.75, 3.05) is 0 Å². The summed E-state index contributed by atoms with van der Waals surface area (Å²) in [6.45, 7) is 9.09. The van der Waals surface area contributed by atoms with E-state index < -0.39 is 17.1 Å². The lowest BCUT2D eigenvalue weighted by Gasteiger charge is -2.22. The fourth-order valence-electron chi connectivity index (χ4n) is 4.84. The van der Waals surface area contributed by atoms with Crippen LogP contribution in [-0.4, -0.2) is 33.2 Å². The van der Waals surface area contributed by atoms with E-state index in [0.29, 0.717) is 11.5 Å². The van der Waals surface area contributed by atoms with Gasteiger partial charge in [-0.15, -0.1) is 0 Å². The van der Waals surface area contributed by atoms with Gasteiger partial charge in [0, 0.05) is 11.1 Å². The van der Waals surface area contributed by atoms with Gasteiger partial charge >= 0.3 is 5.97 Å². The largest absolute Gasteiger partial charge is 0.480 e. The Balaban J connectivity index is 1.66. The molecule has 1 saturated carbocycles. The molecule has 1 aliphatic rings. The number of carboxylic acid groups (broad SMARTS) is 1. The number of aliphatic carboxylic acids is 1. The number of carboxylic acids is 1. The van der Waals surface area contributed by atoms with Crippen LogP contribution in [0.1, 0.15) is 103 Å². The van der Waals surface area contributed by atoms with Gasteiger partial charge in [0.1, 0.15) is 11.1 Å². The maximum Gasteiger partial charge on any atom is 0.328 e.